The molecule has 1 aliphatic carbocycles. The van der Waals surface area contributed by atoms with Crippen LogP contribution in [0.5, 0.6) is 0 Å². The van der Waals surface area contributed by atoms with Crippen molar-refractivity contribution >= 4 is 5.91 Å². The lowest BCUT2D eigenvalue weighted by Gasteiger charge is -2.08. The van der Waals surface area contributed by atoms with Crippen LogP contribution in [0.1, 0.15) is 34.6 Å². The van der Waals surface area contributed by atoms with Crippen molar-refractivity contribution in [1.29, 1.82) is 0 Å². The lowest BCUT2D eigenvalue weighted by molar-refractivity contribution is 0.0953. The van der Waals surface area contributed by atoms with Gasteiger partial charge < -0.3 is 10.6 Å². The Balaban J connectivity index is 1.81. The first-order valence-corrected chi connectivity index (χ1v) is 6.12. The fraction of sp³-hybridized carbons (Fsp3) is 0.538. The van der Waals surface area contributed by atoms with Crippen LogP contribution in [0, 0.1) is 13.8 Å². The summed E-state index contributed by atoms with van der Waals surface area (Å²) < 4.78 is 0. The molecule has 0 bridgehead atoms. The molecule has 0 spiro atoms. The van der Waals surface area contributed by atoms with Gasteiger partial charge in [0.25, 0.3) is 5.91 Å². The molecule has 92 valence electrons. The Kier molecular flexibility index (Phi) is 3.74. The van der Waals surface area contributed by atoms with Gasteiger partial charge >= 0.3 is 0 Å². The lowest BCUT2D eigenvalue weighted by Crippen LogP contribution is -2.33. The molecule has 1 saturated carbocycles. The van der Waals surface area contributed by atoms with Gasteiger partial charge in [0, 0.05) is 24.8 Å². The topological polar surface area (TPSA) is 54.0 Å². The van der Waals surface area contributed by atoms with E-state index in [1.54, 1.807) is 0 Å². The number of hydrogen-bond donors (Lipinski definition) is 2. The monoisotopic (exact) mass is 233 g/mol. The van der Waals surface area contributed by atoms with Crippen LogP contribution in [-0.4, -0.2) is 30.0 Å². The summed E-state index contributed by atoms with van der Waals surface area (Å²) in [5.74, 6) is -0.0346. The second-order valence-electron chi connectivity index (χ2n) is 4.57. The summed E-state index contributed by atoms with van der Waals surface area (Å²) in [6.45, 7) is 5.30. The maximum atomic E-state index is 11.9. The third-order valence-corrected chi connectivity index (χ3v) is 2.89. The van der Waals surface area contributed by atoms with Crippen LogP contribution in [0.15, 0.2) is 12.1 Å². The van der Waals surface area contributed by atoms with Crippen molar-refractivity contribution in [2.75, 3.05) is 13.1 Å². The predicted octanol–water partition coefficient (Wildman–Crippen LogP) is 1.18. The van der Waals surface area contributed by atoms with Crippen molar-refractivity contribution in [1.82, 2.24) is 15.6 Å². The van der Waals surface area contributed by atoms with Crippen LogP contribution in [0.2, 0.25) is 0 Å². The van der Waals surface area contributed by atoms with E-state index in [1.165, 1.54) is 12.8 Å². The zero-order valence-corrected chi connectivity index (χ0v) is 10.4. The number of amides is 1. The largest absolute Gasteiger partial charge is 0.351 e. The zero-order valence-electron chi connectivity index (χ0n) is 10.4. The molecule has 2 rings (SSSR count). The minimum atomic E-state index is -0.0346. The van der Waals surface area contributed by atoms with E-state index in [-0.39, 0.29) is 5.91 Å². The average Bonchev–Trinajstić information content (AvgIpc) is 3.08. The van der Waals surface area contributed by atoms with E-state index in [4.69, 9.17) is 0 Å². The Hall–Kier alpha value is -1.42. The van der Waals surface area contributed by atoms with E-state index in [9.17, 15) is 4.79 Å². The molecule has 1 aromatic rings. The van der Waals surface area contributed by atoms with Crippen LogP contribution in [0.25, 0.3) is 0 Å². The molecule has 1 aliphatic rings. The van der Waals surface area contributed by atoms with E-state index < -0.39 is 0 Å². The van der Waals surface area contributed by atoms with Crippen molar-refractivity contribution in [3.05, 3.63) is 29.1 Å². The van der Waals surface area contributed by atoms with E-state index in [1.807, 2.05) is 26.0 Å². The SMILES string of the molecule is Cc1ccc(C(=O)NCCNC2CC2)c(C)n1. The molecule has 0 unspecified atom stereocenters. The van der Waals surface area contributed by atoms with Crippen molar-refractivity contribution in [3.63, 3.8) is 0 Å². The number of carbonyl (C=O) groups is 1. The van der Waals surface area contributed by atoms with Crippen LogP contribution in [0.3, 0.4) is 0 Å². The smallest absolute Gasteiger partial charge is 0.253 e. The Morgan fingerprint density at radius 1 is 1.35 bits per heavy atom. The predicted molar refractivity (Wildman–Crippen MR) is 67.1 cm³/mol. The molecule has 17 heavy (non-hydrogen) atoms. The third-order valence-electron chi connectivity index (χ3n) is 2.89. The van der Waals surface area contributed by atoms with Crippen molar-refractivity contribution in [2.45, 2.75) is 32.7 Å². The third kappa shape index (κ3) is 3.53. The number of nitrogens with one attached hydrogen (secondary N) is 2. The average molecular weight is 233 g/mol. The highest BCUT2D eigenvalue weighted by molar-refractivity contribution is 5.95. The highest BCUT2D eigenvalue weighted by Crippen LogP contribution is 2.17. The molecular formula is C13H19N3O. The van der Waals surface area contributed by atoms with Gasteiger partial charge in [-0.25, -0.2) is 0 Å². The van der Waals surface area contributed by atoms with Crippen LogP contribution in [-0.2, 0) is 0 Å². The summed E-state index contributed by atoms with van der Waals surface area (Å²) in [5.41, 5.74) is 2.40. The molecule has 1 amide bonds. The molecule has 0 atom stereocenters. The lowest BCUT2D eigenvalue weighted by atomic mass is 10.2. The number of aromatic nitrogens is 1. The minimum Gasteiger partial charge on any atom is -0.351 e. The number of pyridine rings is 1. The number of carbonyl (C=O) groups excluding carboxylic acids is 1. The van der Waals surface area contributed by atoms with Gasteiger partial charge in [0.05, 0.1) is 11.3 Å². The Labute approximate surface area is 102 Å². The molecule has 0 saturated heterocycles. The first-order chi connectivity index (χ1) is 8.16. The van der Waals surface area contributed by atoms with E-state index in [0.29, 0.717) is 18.2 Å². The summed E-state index contributed by atoms with van der Waals surface area (Å²) in [5, 5.41) is 6.26. The fourth-order valence-electron chi connectivity index (χ4n) is 1.76. The molecule has 2 N–H and O–H groups in total. The highest BCUT2D eigenvalue weighted by Gasteiger charge is 2.19. The minimum absolute atomic E-state index is 0.0346. The normalized spacial score (nSPS) is 14.7. The van der Waals surface area contributed by atoms with Crippen LogP contribution >= 0.6 is 0 Å². The Bertz CT molecular complexity index is 413. The maximum absolute atomic E-state index is 11.9. The van der Waals surface area contributed by atoms with Crippen molar-refractivity contribution in [2.24, 2.45) is 0 Å². The molecular weight excluding hydrogens is 214 g/mol. The molecule has 0 aliphatic heterocycles. The molecule has 0 aromatic carbocycles. The summed E-state index contributed by atoms with van der Waals surface area (Å²) in [4.78, 5) is 16.1. The molecule has 0 radical (unpaired) electrons. The summed E-state index contributed by atoms with van der Waals surface area (Å²) in [6.07, 6.45) is 2.55. The van der Waals surface area contributed by atoms with Gasteiger partial charge in [0.2, 0.25) is 0 Å². The molecule has 4 heteroatoms. The number of aryl methyl sites for hydroxylation is 2. The van der Waals surface area contributed by atoms with Gasteiger partial charge in [-0.05, 0) is 38.8 Å². The van der Waals surface area contributed by atoms with Gasteiger partial charge in [-0.2, -0.15) is 0 Å². The Morgan fingerprint density at radius 3 is 2.76 bits per heavy atom. The van der Waals surface area contributed by atoms with Gasteiger partial charge in [-0.1, -0.05) is 0 Å². The van der Waals surface area contributed by atoms with Crippen LogP contribution < -0.4 is 10.6 Å². The number of nitrogens with zero attached hydrogens (tertiary/aromatic N) is 1. The Morgan fingerprint density at radius 2 is 2.12 bits per heavy atom. The van der Waals surface area contributed by atoms with E-state index >= 15 is 0 Å². The van der Waals surface area contributed by atoms with Gasteiger partial charge in [-0.15, -0.1) is 0 Å². The molecule has 1 heterocycles. The summed E-state index contributed by atoms with van der Waals surface area (Å²) >= 11 is 0. The van der Waals surface area contributed by atoms with Gasteiger partial charge in [-0.3, -0.25) is 9.78 Å². The van der Waals surface area contributed by atoms with Crippen LogP contribution in [0.4, 0.5) is 0 Å². The van der Waals surface area contributed by atoms with Gasteiger partial charge in [0.1, 0.15) is 0 Å². The fourth-order valence-corrected chi connectivity index (χ4v) is 1.76. The molecule has 4 nitrogen and oxygen atoms in total. The summed E-state index contributed by atoms with van der Waals surface area (Å²) in [7, 11) is 0. The quantitative estimate of drug-likeness (QED) is 0.751. The zero-order chi connectivity index (χ0) is 12.3. The highest BCUT2D eigenvalue weighted by atomic mass is 16.1. The number of rotatable bonds is 5. The molecule has 1 aromatic heterocycles. The first-order valence-electron chi connectivity index (χ1n) is 6.12. The standard InChI is InChI=1S/C13H19N3O/c1-9-3-6-12(10(2)16-9)13(17)15-8-7-14-11-4-5-11/h3,6,11,14H,4-5,7-8H2,1-2H3,(H,15,17). The van der Waals surface area contributed by atoms with E-state index in [0.717, 1.165) is 17.9 Å². The first kappa shape index (κ1) is 12.0. The maximum Gasteiger partial charge on any atom is 0.253 e. The van der Waals surface area contributed by atoms with Crippen molar-refractivity contribution < 1.29 is 4.79 Å². The van der Waals surface area contributed by atoms with E-state index in [2.05, 4.69) is 15.6 Å². The van der Waals surface area contributed by atoms with Gasteiger partial charge in [0.15, 0.2) is 0 Å². The summed E-state index contributed by atoms with van der Waals surface area (Å²) in [6, 6.07) is 4.39. The second kappa shape index (κ2) is 5.27. The number of hydrogen-bond acceptors (Lipinski definition) is 3. The molecule has 1 fully saturated rings. The second-order valence-corrected chi connectivity index (χ2v) is 4.57. The van der Waals surface area contributed by atoms with Crippen molar-refractivity contribution in [3.8, 4) is 0 Å².